The van der Waals surface area contributed by atoms with Crippen LogP contribution >= 0.6 is 11.6 Å². The maximum atomic E-state index is 5.98. The van der Waals surface area contributed by atoms with E-state index in [1.165, 1.54) is 24.5 Å². The van der Waals surface area contributed by atoms with Crippen LogP contribution in [0.1, 0.15) is 35.8 Å². The summed E-state index contributed by atoms with van der Waals surface area (Å²) in [4.78, 5) is 12.7. The number of amidine groups is 1. The molecule has 0 spiro atoms. The van der Waals surface area contributed by atoms with E-state index in [0.717, 1.165) is 11.3 Å². The zero-order chi connectivity index (χ0) is 18.1. The SMILES string of the molecule is NN/N=C(\N)c1nc(Cl)cc(OCc2cn3cc(C4CC4)ccc3n2)n1. The molecular weight excluding hydrogens is 356 g/mol. The molecule has 0 aromatic carbocycles. The predicted molar refractivity (Wildman–Crippen MR) is 96.6 cm³/mol. The van der Waals surface area contributed by atoms with E-state index >= 15 is 0 Å². The number of nitrogens with zero attached hydrogens (tertiary/aromatic N) is 5. The van der Waals surface area contributed by atoms with Crippen molar-refractivity contribution in [3.63, 3.8) is 0 Å². The highest BCUT2D eigenvalue weighted by atomic mass is 35.5. The normalized spacial score (nSPS) is 14.6. The molecule has 0 aliphatic heterocycles. The fourth-order valence-electron chi connectivity index (χ4n) is 2.64. The van der Waals surface area contributed by atoms with Crippen molar-refractivity contribution in [1.82, 2.24) is 24.9 Å². The number of nitrogens with one attached hydrogen (secondary N) is 1. The van der Waals surface area contributed by atoms with Gasteiger partial charge in [0.1, 0.15) is 17.4 Å². The van der Waals surface area contributed by atoms with Crippen LogP contribution in [-0.2, 0) is 6.61 Å². The molecule has 1 saturated carbocycles. The maximum absolute atomic E-state index is 5.98. The Hall–Kier alpha value is -2.91. The van der Waals surface area contributed by atoms with Gasteiger partial charge in [-0.05, 0) is 30.4 Å². The number of hydrazone groups is 1. The Morgan fingerprint density at radius 3 is 2.92 bits per heavy atom. The standard InChI is InChI=1S/C16H17ClN8O/c17-12-5-14(22-16(21-12)15(18)23-24-19)26-8-11-7-25-6-10(9-1-2-9)3-4-13(25)20-11/h3-7,9,24H,1-2,8,19H2,(H2,18,23). The molecule has 1 aliphatic rings. The third kappa shape index (κ3) is 3.53. The highest BCUT2D eigenvalue weighted by Crippen LogP contribution is 2.39. The van der Waals surface area contributed by atoms with Gasteiger partial charge in [-0.3, -0.25) is 0 Å². The molecule has 134 valence electrons. The van der Waals surface area contributed by atoms with E-state index in [1.54, 1.807) is 0 Å². The second-order valence-electron chi connectivity index (χ2n) is 6.00. The first-order chi connectivity index (χ1) is 12.6. The first kappa shape index (κ1) is 16.6. The molecule has 9 nitrogen and oxygen atoms in total. The van der Waals surface area contributed by atoms with Crippen LogP contribution in [0, 0.1) is 0 Å². The lowest BCUT2D eigenvalue weighted by molar-refractivity contribution is 0.289. The van der Waals surface area contributed by atoms with E-state index in [9.17, 15) is 0 Å². The van der Waals surface area contributed by atoms with Crippen LogP contribution in [-0.4, -0.2) is 25.2 Å². The van der Waals surface area contributed by atoms with Crippen LogP contribution in [0.2, 0.25) is 5.15 Å². The minimum atomic E-state index is 0.000172. The Balaban J connectivity index is 1.51. The summed E-state index contributed by atoms with van der Waals surface area (Å²) in [7, 11) is 0. The zero-order valence-corrected chi connectivity index (χ0v) is 14.5. The molecule has 1 fully saturated rings. The molecule has 0 saturated heterocycles. The van der Waals surface area contributed by atoms with Gasteiger partial charge in [0.05, 0.1) is 5.69 Å². The van der Waals surface area contributed by atoms with Crippen LogP contribution in [0.5, 0.6) is 5.88 Å². The van der Waals surface area contributed by atoms with Gasteiger partial charge in [0, 0.05) is 18.5 Å². The van der Waals surface area contributed by atoms with Gasteiger partial charge in [-0.1, -0.05) is 17.7 Å². The van der Waals surface area contributed by atoms with E-state index in [0.29, 0.717) is 5.92 Å². The van der Waals surface area contributed by atoms with Crippen LogP contribution < -0.4 is 21.8 Å². The van der Waals surface area contributed by atoms with Gasteiger partial charge in [-0.2, -0.15) is 4.98 Å². The number of aromatic nitrogens is 4. The number of hydrogen-bond acceptors (Lipinski definition) is 7. The molecule has 0 atom stereocenters. The number of hydrazine groups is 1. The summed E-state index contributed by atoms with van der Waals surface area (Å²) in [5.41, 5.74) is 10.8. The van der Waals surface area contributed by atoms with Crippen molar-refractivity contribution in [3.05, 3.63) is 52.8 Å². The zero-order valence-electron chi connectivity index (χ0n) is 13.8. The van der Waals surface area contributed by atoms with Crippen molar-refractivity contribution in [2.75, 3.05) is 0 Å². The van der Waals surface area contributed by atoms with Crippen molar-refractivity contribution in [2.45, 2.75) is 25.4 Å². The Bertz CT molecular complexity index is 982. The molecule has 26 heavy (non-hydrogen) atoms. The third-order valence-electron chi connectivity index (χ3n) is 4.03. The average molecular weight is 373 g/mol. The Labute approximate surface area is 154 Å². The number of halogens is 1. The number of nitrogens with two attached hydrogens (primary N) is 2. The predicted octanol–water partition coefficient (Wildman–Crippen LogP) is 1.32. The first-order valence-corrected chi connectivity index (χ1v) is 8.44. The minimum absolute atomic E-state index is 0.000172. The van der Waals surface area contributed by atoms with Gasteiger partial charge in [0.25, 0.3) is 0 Å². The van der Waals surface area contributed by atoms with E-state index in [4.69, 9.17) is 27.9 Å². The van der Waals surface area contributed by atoms with Crippen molar-refractivity contribution < 1.29 is 4.74 Å². The molecule has 0 amide bonds. The number of rotatable bonds is 6. The second kappa shape index (κ2) is 6.77. The first-order valence-electron chi connectivity index (χ1n) is 8.06. The molecule has 3 aromatic rings. The van der Waals surface area contributed by atoms with Crippen LogP contribution in [0.3, 0.4) is 0 Å². The van der Waals surface area contributed by atoms with Gasteiger partial charge in [0.2, 0.25) is 11.7 Å². The summed E-state index contributed by atoms with van der Waals surface area (Å²) < 4.78 is 7.70. The molecule has 5 N–H and O–H groups in total. The molecule has 10 heteroatoms. The average Bonchev–Trinajstić information content (AvgIpc) is 3.39. The molecule has 3 heterocycles. The van der Waals surface area contributed by atoms with Gasteiger partial charge in [-0.15, -0.1) is 5.10 Å². The minimum Gasteiger partial charge on any atom is -0.471 e. The Morgan fingerprint density at radius 2 is 2.15 bits per heavy atom. The number of imidazole rings is 1. The fraction of sp³-hybridized carbons (Fsp3) is 0.250. The molecule has 3 aromatic heterocycles. The van der Waals surface area contributed by atoms with Crippen LogP contribution in [0.25, 0.3) is 5.65 Å². The van der Waals surface area contributed by atoms with E-state index < -0.39 is 0 Å². The van der Waals surface area contributed by atoms with E-state index in [-0.39, 0.29) is 29.3 Å². The largest absolute Gasteiger partial charge is 0.471 e. The van der Waals surface area contributed by atoms with Crippen LogP contribution in [0.4, 0.5) is 0 Å². The van der Waals surface area contributed by atoms with Gasteiger partial charge < -0.3 is 14.9 Å². The van der Waals surface area contributed by atoms with E-state index in [2.05, 4.69) is 37.9 Å². The molecule has 0 unspecified atom stereocenters. The lowest BCUT2D eigenvalue weighted by Gasteiger charge is -2.06. The molecule has 0 bridgehead atoms. The maximum Gasteiger partial charge on any atom is 0.218 e. The lowest BCUT2D eigenvalue weighted by atomic mass is 10.2. The fourth-order valence-corrected chi connectivity index (χ4v) is 2.82. The van der Waals surface area contributed by atoms with E-state index in [1.807, 2.05) is 16.7 Å². The summed E-state index contributed by atoms with van der Waals surface area (Å²) in [6, 6.07) is 5.65. The van der Waals surface area contributed by atoms with Crippen molar-refractivity contribution in [2.24, 2.45) is 16.7 Å². The van der Waals surface area contributed by atoms with Crippen molar-refractivity contribution in [3.8, 4) is 5.88 Å². The quantitative estimate of drug-likeness (QED) is 0.195. The summed E-state index contributed by atoms with van der Waals surface area (Å²) in [6.07, 6.45) is 6.59. The molecular formula is C16H17ClN8O. The Morgan fingerprint density at radius 1 is 1.31 bits per heavy atom. The summed E-state index contributed by atoms with van der Waals surface area (Å²) in [6.45, 7) is 0.236. The van der Waals surface area contributed by atoms with Gasteiger partial charge >= 0.3 is 0 Å². The smallest absolute Gasteiger partial charge is 0.218 e. The Kier molecular flexibility index (Phi) is 4.31. The summed E-state index contributed by atoms with van der Waals surface area (Å²) >= 11 is 5.98. The third-order valence-corrected chi connectivity index (χ3v) is 4.22. The summed E-state index contributed by atoms with van der Waals surface area (Å²) in [5.74, 6) is 6.18. The molecule has 1 aliphatic carbocycles. The van der Waals surface area contributed by atoms with Crippen molar-refractivity contribution >= 4 is 23.1 Å². The number of pyridine rings is 1. The topological polar surface area (TPSA) is 129 Å². The number of hydrogen-bond donors (Lipinski definition) is 3. The van der Waals surface area contributed by atoms with Crippen molar-refractivity contribution in [1.29, 1.82) is 0 Å². The monoisotopic (exact) mass is 372 g/mol. The highest BCUT2D eigenvalue weighted by Gasteiger charge is 2.23. The van der Waals surface area contributed by atoms with Gasteiger partial charge in [-0.25, -0.2) is 21.3 Å². The second-order valence-corrected chi connectivity index (χ2v) is 6.39. The molecule has 0 radical (unpaired) electrons. The molecule has 4 rings (SSSR count). The van der Waals surface area contributed by atoms with Crippen LogP contribution in [0.15, 0.2) is 35.7 Å². The lowest BCUT2D eigenvalue weighted by Crippen LogP contribution is -2.25. The number of ether oxygens (including phenoxy) is 1. The number of fused-ring (bicyclic) bond motifs is 1. The summed E-state index contributed by atoms with van der Waals surface area (Å²) in [5, 5.41) is 3.80. The van der Waals surface area contributed by atoms with Gasteiger partial charge in [0.15, 0.2) is 5.84 Å². The highest BCUT2D eigenvalue weighted by molar-refractivity contribution is 6.29.